The van der Waals surface area contributed by atoms with Crippen molar-refractivity contribution >= 4 is 40.5 Å². The maximum Gasteiger partial charge on any atom is 0.270 e. The molecule has 0 saturated carbocycles. The van der Waals surface area contributed by atoms with Gasteiger partial charge in [0.25, 0.3) is 5.69 Å². The fraction of sp³-hybridized carbons (Fsp3) is 0.0435. The summed E-state index contributed by atoms with van der Waals surface area (Å²) in [6.45, 7) is 0.307. The van der Waals surface area contributed by atoms with Gasteiger partial charge in [-0.1, -0.05) is 54.1 Å². The Labute approximate surface area is 177 Å². The van der Waals surface area contributed by atoms with Gasteiger partial charge in [0, 0.05) is 17.2 Å². The molecule has 0 N–H and O–H groups in total. The van der Waals surface area contributed by atoms with Crippen LogP contribution in [0.15, 0.2) is 72.8 Å². The van der Waals surface area contributed by atoms with Crippen molar-refractivity contribution in [3.05, 3.63) is 105 Å². The summed E-state index contributed by atoms with van der Waals surface area (Å²) >= 11 is 5.94. The van der Waals surface area contributed by atoms with Gasteiger partial charge in [-0.15, -0.1) is 0 Å². The zero-order chi connectivity index (χ0) is 20.9. The third-order valence-corrected chi connectivity index (χ3v) is 4.62. The van der Waals surface area contributed by atoms with E-state index >= 15 is 0 Å². The lowest BCUT2D eigenvalue weighted by Crippen LogP contribution is -2.01. The van der Waals surface area contributed by atoms with Gasteiger partial charge < -0.3 is 4.74 Å². The molecule has 0 spiro atoms. The summed E-state index contributed by atoms with van der Waals surface area (Å²) in [4.78, 5) is 19.8. The second-order valence-electron chi connectivity index (χ2n) is 6.50. The maximum atomic E-state index is 11.0. The molecule has 1 heterocycles. The number of fused-ring (bicyclic) bond motifs is 1. The number of benzene rings is 3. The molecule has 0 radical (unpaired) electrons. The second-order valence-corrected chi connectivity index (χ2v) is 6.94. The summed E-state index contributed by atoms with van der Waals surface area (Å²) in [5.41, 5.74) is 3.65. The van der Waals surface area contributed by atoms with E-state index in [0.29, 0.717) is 28.8 Å². The van der Waals surface area contributed by atoms with E-state index in [1.807, 2.05) is 36.4 Å². The third kappa shape index (κ3) is 4.61. The number of rotatable bonds is 6. The molecule has 0 atom stereocenters. The molecular formula is C23H16ClN3O3. The van der Waals surface area contributed by atoms with Gasteiger partial charge in [-0.2, -0.15) is 0 Å². The molecule has 3 aromatic carbocycles. The van der Waals surface area contributed by atoms with Crippen molar-refractivity contribution in [2.75, 3.05) is 0 Å². The standard InChI is InChI=1S/C23H16ClN3O3/c24-18-11-8-17(9-12-18)15-30-23-22(25-20-6-1-2-7-21(20)26-23)13-10-16-4-3-5-19(14-16)27(28)29/h1-14H,15H2. The van der Waals surface area contributed by atoms with E-state index in [1.165, 1.54) is 12.1 Å². The van der Waals surface area contributed by atoms with Crippen molar-refractivity contribution in [1.82, 2.24) is 9.97 Å². The minimum Gasteiger partial charge on any atom is -0.471 e. The topological polar surface area (TPSA) is 78.2 Å². The molecule has 1 aromatic heterocycles. The summed E-state index contributed by atoms with van der Waals surface area (Å²) in [7, 11) is 0. The fourth-order valence-electron chi connectivity index (χ4n) is 2.86. The molecule has 148 valence electrons. The molecule has 4 rings (SSSR count). The van der Waals surface area contributed by atoms with E-state index in [4.69, 9.17) is 16.3 Å². The fourth-order valence-corrected chi connectivity index (χ4v) is 2.99. The number of nitrogens with zero attached hydrogens (tertiary/aromatic N) is 3. The number of hydrogen-bond acceptors (Lipinski definition) is 5. The Kier molecular flexibility index (Phi) is 5.68. The number of aromatic nitrogens is 2. The first kappa shape index (κ1) is 19.5. The molecular weight excluding hydrogens is 402 g/mol. The predicted molar refractivity (Wildman–Crippen MR) is 117 cm³/mol. The number of hydrogen-bond donors (Lipinski definition) is 0. The number of para-hydroxylation sites is 2. The molecule has 0 fully saturated rings. The number of ether oxygens (including phenoxy) is 1. The number of nitro benzene ring substituents is 1. The van der Waals surface area contributed by atoms with Gasteiger partial charge in [-0.3, -0.25) is 10.1 Å². The van der Waals surface area contributed by atoms with Crippen molar-refractivity contribution in [3.8, 4) is 5.88 Å². The number of non-ortho nitro benzene ring substituents is 1. The normalized spacial score (nSPS) is 11.1. The molecule has 7 heteroatoms. The quantitative estimate of drug-likeness (QED) is 0.286. The first-order chi connectivity index (χ1) is 14.6. The summed E-state index contributed by atoms with van der Waals surface area (Å²) in [5, 5.41) is 11.7. The Morgan fingerprint density at radius 1 is 0.933 bits per heavy atom. The highest BCUT2D eigenvalue weighted by Crippen LogP contribution is 2.23. The zero-order valence-electron chi connectivity index (χ0n) is 15.7. The summed E-state index contributed by atoms with van der Waals surface area (Å²) < 4.78 is 5.95. The molecule has 0 bridgehead atoms. The van der Waals surface area contributed by atoms with Crippen LogP contribution in [0.3, 0.4) is 0 Å². The van der Waals surface area contributed by atoms with Crippen LogP contribution in [0.5, 0.6) is 5.88 Å². The van der Waals surface area contributed by atoms with Crippen LogP contribution >= 0.6 is 11.6 Å². The van der Waals surface area contributed by atoms with Gasteiger partial charge in [-0.25, -0.2) is 9.97 Å². The Balaban J connectivity index is 1.66. The smallest absolute Gasteiger partial charge is 0.270 e. The highest BCUT2D eigenvalue weighted by molar-refractivity contribution is 6.30. The van der Waals surface area contributed by atoms with Gasteiger partial charge >= 0.3 is 0 Å². The van der Waals surface area contributed by atoms with Crippen LogP contribution < -0.4 is 4.74 Å². The first-order valence-corrected chi connectivity index (χ1v) is 9.53. The molecule has 4 aromatic rings. The van der Waals surface area contributed by atoms with Crippen LogP contribution in [0.25, 0.3) is 23.2 Å². The molecule has 30 heavy (non-hydrogen) atoms. The van der Waals surface area contributed by atoms with Gasteiger partial charge in [0.15, 0.2) is 0 Å². The minimum atomic E-state index is -0.423. The summed E-state index contributed by atoms with van der Waals surface area (Å²) in [6, 6.07) is 21.3. The number of halogens is 1. The summed E-state index contributed by atoms with van der Waals surface area (Å²) in [6.07, 6.45) is 3.50. The Morgan fingerprint density at radius 2 is 1.67 bits per heavy atom. The largest absolute Gasteiger partial charge is 0.471 e. The Bertz CT molecular complexity index is 1240. The predicted octanol–water partition coefficient (Wildman–Crippen LogP) is 5.94. The molecule has 0 amide bonds. The lowest BCUT2D eigenvalue weighted by molar-refractivity contribution is -0.384. The maximum absolute atomic E-state index is 11.0. The zero-order valence-corrected chi connectivity index (χ0v) is 16.5. The third-order valence-electron chi connectivity index (χ3n) is 4.37. The van der Waals surface area contributed by atoms with Crippen LogP contribution in [0.1, 0.15) is 16.8 Å². The first-order valence-electron chi connectivity index (χ1n) is 9.15. The molecule has 0 aliphatic carbocycles. The van der Waals surface area contributed by atoms with Gasteiger partial charge in [-0.05, 0) is 41.5 Å². The molecule has 0 aliphatic rings. The van der Waals surface area contributed by atoms with Crippen molar-refractivity contribution in [3.63, 3.8) is 0 Å². The summed E-state index contributed by atoms with van der Waals surface area (Å²) in [5.74, 6) is 0.380. The van der Waals surface area contributed by atoms with E-state index in [2.05, 4.69) is 9.97 Å². The van der Waals surface area contributed by atoms with E-state index < -0.39 is 4.92 Å². The van der Waals surface area contributed by atoms with Crippen molar-refractivity contribution in [1.29, 1.82) is 0 Å². The van der Waals surface area contributed by atoms with Crippen LogP contribution in [0.2, 0.25) is 5.02 Å². The van der Waals surface area contributed by atoms with Crippen LogP contribution in [0, 0.1) is 10.1 Å². The van der Waals surface area contributed by atoms with E-state index in [-0.39, 0.29) is 5.69 Å². The Morgan fingerprint density at radius 3 is 2.40 bits per heavy atom. The molecule has 0 aliphatic heterocycles. The lowest BCUT2D eigenvalue weighted by atomic mass is 10.1. The monoisotopic (exact) mass is 417 g/mol. The number of nitro groups is 1. The van der Waals surface area contributed by atoms with E-state index in [9.17, 15) is 10.1 Å². The molecule has 0 unspecified atom stereocenters. The van der Waals surface area contributed by atoms with Crippen LogP contribution in [-0.4, -0.2) is 14.9 Å². The molecule has 6 nitrogen and oxygen atoms in total. The SMILES string of the molecule is O=[N+]([O-])c1cccc(C=Cc2nc3ccccc3nc2OCc2ccc(Cl)cc2)c1. The van der Waals surface area contributed by atoms with Crippen LogP contribution in [-0.2, 0) is 6.61 Å². The van der Waals surface area contributed by atoms with Crippen molar-refractivity contribution in [2.24, 2.45) is 0 Å². The average molecular weight is 418 g/mol. The van der Waals surface area contributed by atoms with Crippen molar-refractivity contribution in [2.45, 2.75) is 6.61 Å². The molecule has 0 saturated heterocycles. The van der Waals surface area contributed by atoms with Crippen LogP contribution in [0.4, 0.5) is 5.69 Å². The second kappa shape index (κ2) is 8.71. The van der Waals surface area contributed by atoms with E-state index in [0.717, 1.165) is 16.6 Å². The highest BCUT2D eigenvalue weighted by Gasteiger charge is 2.09. The van der Waals surface area contributed by atoms with Gasteiger partial charge in [0.05, 0.1) is 16.0 Å². The lowest BCUT2D eigenvalue weighted by Gasteiger charge is -2.09. The van der Waals surface area contributed by atoms with Crippen molar-refractivity contribution < 1.29 is 9.66 Å². The van der Waals surface area contributed by atoms with Gasteiger partial charge in [0.2, 0.25) is 5.88 Å². The minimum absolute atomic E-state index is 0.0287. The van der Waals surface area contributed by atoms with E-state index in [1.54, 1.807) is 36.4 Å². The Hall–Kier alpha value is -3.77. The average Bonchev–Trinajstić information content (AvgIpc) is 2.77. The van der Waals surface area contributed by atoms with Gasteiger partial charge in [0.1, 0.15) is 12.3 Å². The highest BCUT2D eigenvalue weighted by atomic mass is 35.5.